The van der Waals surface area contributed by atoms with E-state index in [1.165, 1.54) is 6.42 Å². The monoisotopic (exact) mass is 107 g/mol. The number of hydrogen-bond donors (Lipinski definition) is 0. The predicted octanol–water partition coefficient (Wildman–Crippen LogP) is 2.03. The van der Waals surface area contributed by atoms with Crippen molar-refractivity contribution in [3.8, 4) is 0 Å². The predicted molar refractivity (Wildman–Crippen MR) is 34.2 cm³/mol. The van der Waals surface area contributed by atoms with Gasteiger partial charge in [0.05, 0.1) is 0 Å². The SMILES string of the molecule is CC1C2[CH]CC1C=C2. The highest BCUT2D eigenvalue weighted by Gasteiger charge is 2.33. The van der Waals surface area contributed by atoms with Crippen LogP contribution in [0, 0.1) is 24.2 Å². The number of fused-ring (bicyclic) bond motifs is 2. The molecule has 2 bridgehead atoms. The van der Waals surface area contributed by atoms with Crippen LogP contribution in [0.2, 0.25) is 0 Å². The minimum absolute atomic E-state index is 0.833. The molecule has 0 aromatic heterocycles. The first-order valence-electron chi connectivity index (χ1n) is 3.39. The highest BCUT2D eigenvalue weighted by atomic mass is 14.4. The summed E-state index contributed by atoms with van der Waals surface area (Å²) in [5.41, 5.74) is 0. The Morgan fingerprint density at radius 2 is 2.25 bits per heavy atom. The van der Waals surface area contributed by atoms with Gasteiger partial charge in [-0.15, -0.1) is 0 Å². The Hall–Kier alpha value is -0.260. The van der Waals surface area contributed by atoms with E-state index >= 15 is 0 Å². The lowest BCUT2D eigenvalue weighted by atomic mass is 10.00. The van der Waals surface area contributed by atoms with Gasteiger partial charge in [0.1, 0.15) is 0 Å². The third kappa shape index (κ3) is 0.410. The highest BCUT2D eigenvalue weighted by molar-refractivity contribution is 5.16. The molecule has 0 aromatic rings. The maximum Gasteiger partial charge on any atom is -0.0171 e. The van der Waals surface area contributed by atoms with E-state index in [0.717, 1.165) is 17.8 Å². The fourth-order valence-corrected chi connectivity index (χ4v) is 1.81. The van der Waals surface area contributed by atoms with Gasteiger partial charge in [0, 0.05) is 0 Å². The van der Waals surface area contributed by atoms with Gasteiger partial charge in [-0.2, -0.15) is 0 Å². The van der Waals surface area contributed by atoms with Gasteiger partial charge in [-0.05, 0) is 30.6 Å². The zero-order valence-corrected chi connectivity index (χ0v) is 5.17. The van der Waals surface area contributed by atoms with Crippen LogP contribution < -0.4 is 0 Å². The average molecular weight is 107 g/mol. The van der Waals surface area contributed by atoms with E-state index in [4.69, 9.17) is 0 Å². The van der Waals surface area contributed by atoms with Crippen LogP contribution >= 0.6 is 0 Å². The first kappa shape index (κ1) is 4.60. The van der Waals surface area contributed by atoms with Crippen molar-refractivity contribution in [1.82, 2.24) is 0 Å². The molecule has 3 unspecified atom stereocenters. The lowest BCUT2D eigenvalue weighted by Gasteiger charge is -2.05. The molecule has 3 atom stereocenters. The minimum Gasteiger partial charge on any atom is -0.0848 e. The molecular formula is C8H11. The summed E-state index contributed by atoms with van der Waals surface area (Å²) in [6, 6.07) is 0. The molecule has 0 aliphatic heterocycles. The molecule has 0 spiro atoms. The highest BCUT2D eigenvalue weighted by Crippen LogP contribution is 2.42. The molecule has 8 heavy (non-hydrogen) atoms. The van der Waals surface area contributed by atoms with Crippen LogP contribution in [-0.2, 0) is 0 Å². The normalized spacial score (nSPS) is 50.9. The number of rotatable bonds is 0. The van der Waals surface area contributed by atoms with E-state index in [-0.39, 0.29) is 0 Å². The van der Waals surface area contributed by atoms with Crippen LogP contribution in [0.3, 0.4) is 0 Å². The largest absolute Gasteiger partial charge is 0.0848 e. The lowest BCUT2D eigenvalue weighted by molar-refractivity contribution is 0.482. The van der Waals surface area contributed by atoms with Crippen molar-refractivity contribution in [2.24, 2.45) is 17.8 Å². The fraction of sp³-hybridized carbons (Fsp3) is 0.625. The minimum atomic E-state index is 0.833. The Kier molecular flexibility index (Phi) is 0.787. The molecule has 0 heteroatoms. The van der Waals surface area contributed by atoms with Gasteiger partial charge in [0.2, 0.25) is 0 Å². The van der Waals surface area contributed by atoms with E-state index in [0.29, 0.717) is 0 Å². The summed E-state index contributed by atoms with van der Waals surface area (Å²) in [6.45, 7) is 2.35. The zero-order chi connectivity index (χ0) is 5.56. The number of allylic oxidation sites excluding steroid dienone is 2. The molecule has 0 saturated heterocycles. The van der Waals surface area contributed by atoms with Crippen LogP contribution in [0.25, 0.3) is 0 Å². The fourth-order valence-electron chi connectivity index (χ4n) is 1.81. The van der Waals surface area contributed by atoms with Crippen molar-refractivity contribution in [3.63, 3.8) is 0 Å². The Bertz CT molecular complexity index is 110. The van der Waals surface area contributed by atoms with E-state index < -0.39 is 0 Å². The van der Waals surface area contributed by atoms with Gasteiger partial charge in [0.25, 0.3) is 0 Å². The van der Waals surface area contributed by atoms with Gasteiger partial charge >= 0.3 is 0 Å². The van der Waals surface area contributed by atoms with Crippen molar-refractivity contribution in [2.75, 3.05) is 0 Å². The van der Waals surface area contributed by atoms with Crippen LogP contribution in [0.5, 0.6) is 0 Å². The second-order valence-electron chi connectivity index (χ2n) is 2.96. The van der Waals surface area contributed by atoms with Crippen molar-refractivity contribution in [1.29, 1.82) is 0 Å². The van der Waals surface area contributed by atoms with E-state index in [1.807, 2.05) is 0 Å². The molecule has 2 aliphatic carbocycles. The molecule has 0 aromatic carbocycles. The Morgan fingerprint density at radius 1 is 1.38 bits per heavy atom. The third-order valence-electron chi connectivity index (χ3n) is 2.54. The molecule has 1 fully saturated rings. The topological polar surface area (TPSA) is 0 Å². The van der Waals surface area contributed by atoms with Gasteiger partial charge < -0.3 is 0 Å². The molecule has 0 N–H and O–H groups in total. The van der Waals surface area contributed by atoms with Crippen LogP contribution in [0.4, 0.5) is 0 Å². The molecular weight excluding hydrogens is 96.1 g/mol. The zero-order valence-electron chi connectivity index (χ0n) is 5.17. The first-order chi connectivity index (χ1) is 3.88. The smallest absolute Gasteiger partial charge is 0.0171 e. The van der Waals surface area contributed by atoms with Gasteiger partial charge in [-0.25, -0.2) is 0 Å². The average Bonchev–Trinajstić information content (AvgIpc) is 2.29. The molecule has 1 radical (unpaired) electrons. The first-order valence-corrected chi connectivity index (χ1v) is 3.39. The maximum atomic E-state index is 2.44. The summed E-state index contributed by atoms with van der Waals surface area (Å²) in [5.74, 6) is 2.66. The molecule has 0 amide bonds. The summed E-state index contributed by atoms with van der Waals surface area (Å²) in [4.78, 5) is 0. The quantitative estimate of drug-likeness (QED) is 0.415. The molecule has 0 nitrogen and oxygen atoms in total. The lowest BCUT2D eigenvalue weighted by Crippen LogP contribution is -1.99. The third-order valence-corrected chi connectivity index (χ3v) is 2.54. The van der Waals surface area contributed by atoms with E-state index in [1.54, 1.807) is 0 Å². The molecule has 2 aliphatic rings. The Balaban J connectivity index is 2.27. The van der Waals surface area contributed by atoms with Crippen molar-refractivity contribution < 1.29 is 0 Å². The van der Waals surface area contributed by atoms with E-state index in [9.17, 15) is 0 Å². The van der Waals surface area contributed by atoms with Crippen LogP contribution in [0.15, 0.2) is 12.2 Å². The van der Waals surface area contributed by atoms with Crippen molar-refractivity contribution in [3.05, 3.63) is 18.6 Å². The van der Waals surface area contributed by atoms with Gasteiger partial charge in [0.15, 0.2) is 0 Å². The van der Waals surface area contributed by atoms with Crippen LogP contribution in [-0.4, -0.2) is 0 Å². The Morgan fingerprint density at radius 3 is 2.38 bits per heavy atom. The summed E-state index contributed by atoms with van der Waals surface area (Å²) < 4.78 is 0. The second kappa shape index (κ2) is 1.37. The summed E-state index contributed by atoms with van der Waals surface area (Å²) in [6.07, 6.45) is 8.49. The second-order valence-corrected chi connectivity index (χ2v) is 2.96. The Labute approximate surface area is 50.6 Å². The standard InChI is InChI=1S/C8H11/c1-6-7-2-3-8(6)5-4-7/h2-4,6-8H,5H2,1H3. The summed E-state index contributed by atoms with van der Waals surface area (Å²) >= 11 is 0. The van der Waals surface area contributed by atoms with Gasteiger partial charge in [-0.3, -0.25) is 0 Å². The van der Waals surface area contributed by atoms with E-state index in [2.05, 4.69) is 25.5 Å². The summed E-state index contributed by atoms with van der Waals surface area (Å²) in [7, 11) is 0. The van der Waals surface area contributed by atoms with Crippen molar-refractivity contribution >= 4 is 0 Å². The molecule has 0 heterocycles. The molecule has 1 saturated carbocycles. The molecule has 43 valence electrons. The summed E-state index contributed by atoms with van der Waals surface area (Å²) in [5, 5.41) is 0. The number of hydrogen-bond acceptors (Lipinski definition) is 0. The maximum absolute atomic E-state index is 2.44. The van der Waals surface area contributed by atoms with Gasteiger partial charge in [-0.1, -0.05) is 19.1 Å². The van der Waals surface area contributed by atoms with Crippen LogP contribution in [0.1, 0.15) is 13.3 Å². The van der Waals surface area contributed by atoms with Crippen molar-refractivity contribution in [2.45, 2.75) is 13.3 Å². The molecule has 2 rings (SSSR count).